The summed E-state index contributed by atoms with van der Waals surface area (Å²) in [5.74, 6) is 1.42. The van der Waals surface area contributed by atoms with Crippen LogP contribution in [0.4, 0.5) is 0 Å². The second kappa shape index (κ2) is 7.14. The molecule has 0 unspecified atom stereocenters. The minimum absolute atomic E-state index is 0.290. The Bertz CT molecular complexity index is 505. The highest BCUT2D eigenvalue weighted by molar-refractivity contribution is 7.10. The van der Waals surface area contributed by atoms with E-state index >= 15 is 0 Å². The van der Waals surface area contributed by atoms with Crippen molar-refractivity contribution in [3.05, 3.63) is 21.9 Å². The highest BCUT2D eigenvalue weighted by Crippen LogP contribution is 2.21. The second-order valence-corrected chi connectivity index (χ2v) is 8.26. The Morgan fingerprint density at radius 1 is 1.36 bits per heavy atom. The van der Waals surface area contributed by atoms with Crippen molar-refractivity contribution in [3.63, 3.8) is 0 Å². The number of rotatable bonds is 3. The van der Waals surface area contributed by atoms with Gasteiger partial charge in [-0.15, -0.1) is 11.3 Å². The molecule has 0 aromatic carbocycles. The predicted molar refractivity (Wildman–Crippen MR) is 91.2 cm³/mol. The molecular formula is C18H29N2OS+. The van der Waals surface area contributed by atoms with Crippen LogP contribution in [-0.2, 0) is 11.3 Å². The van der Waals surface area contributed by atoms with Crippen LogP contribution in [0.25, 0.3) is 0 Å². The van der Waals surface area contributed by atoms with Crippen molar-refractivity contribution in [2.75, 3.05) is 26.2 Å². The normalized spacial score (nSPS) is 29.5. The van der Waals surface area contributed by atoms with Crippen LogP contribution in [0.15, 0.2) is 11.4 Å². The minimum Gasteiger partial charge on any atom is -0.342 e. The van der Waals surface area contributed by atoms with Gasteiger partial charge in [-0.3, -0.25) is 4.79 Å². The molecule has 2 aliphatic heterocycles. The molecule has 0 saturated carbocycles. The van der Waals surface area contributed by atoms with Gasteiger partial charge in [0.05, 0.1) is 18.0 Å². The number of likely N-dealkylation sites (tertiary alicyclic amines) is 2. The van der Waals surface area contributed by atoms with Crippen molar-refractivity contribution >= 4 is 17.2 Å². The zero-order valence-electron chi connectivity index (χ0n) is 13.9. The third-order valence-corrected chi connectivity index (χ3v) is 6.41. The van der Waals surface area contributed by atoms with E-state index in [1.807, 2.05) is 11.3 Å². The van der Waals surface area contributed by atoms with E-state index in [4.69, 9.17) is 0 Å². The summed E-state index contributed by atoms with van der Waals surface area (Å²) in [5, 5.41) is 2.19. The Morgan fingerprint density at radius 3 is 2.77 bits per heavy atom. The number of aryl methyl sites for hydroxylation is 1. The average Bonchev–Trinajstić information content (AvgIpc) is 2.92. The molecule has 1 atom stereocenters. The first-order valence-electron chi connectivity index (χ1n) is 8.79. The molecule has 0 bridgehead atoms. The van der Waals surface area contributed by atoms with Crippen LogP contribution >= 0.6 is 11.3 Å². The lowest BCUT2D eigenvalue weighted by Gasteiger charge is -2.36. The fraction of sp³-hybridized carbons (Fsp3) is 0.722. The Balaban J connectivity index is 1.49. The van der Waals surface area contributed by atoms with Crippen LogP contribution in [0, 0.1) is 18.8 Å². The highest BCUT2D eigenvalue weighted by Gasteiger charge is 2.32. The molecule has 2 aliphatic rings. The van der Waals surface area contributed by atoms with E-state index < -0.39 is 0 Å². The number of amides is 1. The van der Waals surface area contributed by atoms with E-state index in [0.29, 0.717) is 17.7 Å². The van der Waals surface area contributed by atoms with Crippen molar-refractivity contribution in [2.24, 2.45) is 11.8 Å². The zero-order chi connectivity index (χ0) is 15.5. The molecule has 122 valence electrons. The van der Waals surface area contributed by atoms with E-state index in [-0.39, 0.29) is 0 Å². The molecule has 2 fully saturated rings. The summed E-state index contributed by atoms with van der Waals surface area (Å²) in [4.78, 5) is 18.0. The minimum atomic E-state index is 0.290. The van der Waals surface area contributed by atoms with Gasteiger partial charge in [-0.05, 0) is 42.7 Å². The number of nitrogens with one attached hydrogen (secondary N) is 1. The Labute approximate surface area is 138 Å². The first kappa shape index (κ1) is 16.0. The van der Waals surface area contributed by atoms with Gasteiger partial charge >= 0.3 is 0 Å². The number of carbonyl (C=O) groups excluding carboxylic acids is 1. The van der Waals surface area contributed by atoms with Gasteiger partial charge in [0.1, 0.15) is 6.54 Å². The number of hydrogen-bond acceptors (Lipinski definition) is 2. The lowest BCUT2D eigenvalue weighted by molar-refractivity contribution is -0.919. The average molecular weight is 322 g/mol. The van der Waals surface area contributed by atoms with E-state index in [0.717, 1.165) is 45.6 Å². The fourth-order valence-electron chi connectivity index (χ4n) is 3.91. The summed E-state index contributed by atoms with van der Waals surface area (Å²) in [6.45, 7) is 9.90. The number of hydrogen-bond donors (Lipinski definition) is 1. The number of piperidine rings is 2. The summed E-state index contributed by atoms with van der Waals surface area (Å²) in [5.41, 5.74) is 1.43. The van der Waals surface area contributed by atoms with Crippen LogP contribution in [-0.4, -0.2) is 37.0 Å². The van der Waals surface area contributed by atoms with Gasteiger partial charge in [-0.2, -0.15) is 0 Å². The molecule has 1 aromatic rings. The summed E-state index contributed by atoms with van der Waals surface area (Å²) in [6, 6.07) is 2.22. The number of carbonyl (C=O) groups is 1. The van der Waals surface area contributed by atoms with Crippen LogP contribution < -0.4 is 4.90 Å². The second-order valence-electron chi connectivity index (χ2n) is 7.26. The molecule has 3 nitrogen and oxygen atoms in total. The fourth-order valence-corrected chi connectivity index (χ4v) is 4.89. The standard InChI is InChI=1S/C18H28N2OS/c1-14-4-3-8-20(12-14)18(21)16-5-9-19(10-6-16)13-17-15(2)7-11-22-17/h7,11,14,16H,3-6,8-10,12-13H2,1-2H3/p+1/t14-/m1/s1. The van der Waals surface area contributed by atoms with Gasteiger partial charge < -0.3 is 9.80 Å². The molecule has 3 rings (SSSR count). The topological polar surface area (TPSA) is 24.8 Å². The molecule has 0 aliphatic carbocycles. The monoisotopic (exact) mass is 321 g/mol. The molecule has 1 aromatic heterocycles. The van der Waals surface area contributed by atoms with E-state index in [9.17, 15) is 4.79 Å². The Kier molecular flexibility index (Phi) is 5.19. The summed E-state index contributed by atoms with van der Waals surface area (Å²) < 4.78 is 0. The lowest BCUT2D eigenvalue weighted by Crippen LogP contribution is -3.11. The van der Waals surface area contributed by atoms with Gasteiger partial charge in [0.25, 0.3) is 0 Å². The summed E-state index contributed by atoms with van der Waals surface area (Å²) >= 11 is 1.88. The molecule has 1 amide bonds. The van der Waals surface area contributed by atoms with Crippen molar-refractivity contribution in [1.82, 2.24) is 4.90 Å². The van der Waals surface area contributed by atoms with Crippen molar-refractivity contribution < 1.29 is 9.69 Å². The number of thiophene rings is 1. The molecule has 0 spiro atoms. The van der Waals surface area contributed by atoms with Crippen molar-refractivity contribution in [2.45, 2.75) is 46.1 Å². The molecule has 0 radical (unpaired) electrons. The van der Waals surface area contributed by atoms with Gasteiger partial charge in [0.2, 0.25) is 5.91 Å². The van der Waals surface area contributed by atoms with Crippen LogP contribution in [0.2, 0.25) is 0 Å². The smallest absolute Gasteiger partial charge is 0.226 e. The zero-order valence-corrected chi connectivity index (χ0v) is 14.8. The first-order valence-corrected chi connectivity index (χ1v) is 9.66. The van der Waals surface area contributed by atoms with Gasteiger partial charge in [0, 0.05) is 31.8 Å². The first-order chi connectivity index (χ1) is 10.6. The molecule has 4 heteroatoms. The van der Waals surface area contributed by atoms with Gasteiger partial charge in [-0.25, -0.2) is 0 Å². The Hall–Kier alpha value is -0.870. The largest absolute Gasteiger partial charge is 0.342 e. The third-order valence-electron chi connectivity index (χ3n) is 5.39. The maximum absolute atomic E-state index is 12.7. The number of nitrogens with zero attached hydrogens (tertiary/aromatic N) is 1. The molecule has 22 heavy (non-hydrogen) atoms. The SMILES string of the molecule is Cc1ccsc1C[NH+]1CCC(C(=O)N2CCC[C@@H](C)C2)CC1. The maximum Gasteiger partial charge on any atom is 0.226 e. The molecule has 1 N–H and O–H groups in total. The molecule has 2 saturated heterocycles. The van der Waals surface area contributed by atoms with Crippen LogP contribution in [0.3, 0.4) is 0 Å². The van der Waals surface area contributed by atoms with Crippen molar-refractivity contribution in [3.8, 4) is 0 Å². The highest BCUT2D eigenvalue weighted by atomic mass is 32.1. The van der Waals surface area contributed by atoms with E-state index in [2.05, 4.69) is 30.2 Å². The quantitative estimate of drug-likeness (QED) is 0.906. The molecule has 3 heterocycles. The predicted octanol–water partition coefficient (Wildman–Crippen LogP) is 2.11. The maximum atomic E-state index is 12.7. The number of quaternary nitrogens is 1. The van der Waals surface area contributed by atoms with Crippen LogP contribution in [0.1, 0.15) is 43.0 Å². The third kappa shape index (κ3) is 3.72. The Morgan fingerprint density at radius 2 is 2.14 bits per heavy atom. The van der Waals surface area contributed by atoms with Gasteiger partial charge in [0.15, 0.2) is 0 Å². The molecular weight excluding hydrogens is 292 g/mol. The van der Waals surface area contributed by atoms with E-state index in [1.165, 1.54) is 23.3 Å². The van der Waals surface area contributed by atoms with E-state index in [1.54, 1.807) is 4.90 Å². The summed E-state index contributed by atoms with van der Waals surface area (Å²) in [7, 11) is 0. The summed E-state index contributed by atoms with van der Waals surface area (Å²) in [6.07, 6.45) is 4.62. The lowest BCUT2D eigenvalue weighted by atomic mass is 9.92. The van der Waals surface area contributed by atoms with Crippen LogP contribution in [0.5, 0.6) is 0 Å². The van der Waals surface area contributed by atoms with Gasteiger partial charge in [-0.1, -0.05) is 6.92 Å². The van der Waals surface area contributed by atoms with Crippen molar-refractivity contribution in [1.29, 1.82) is 0 Å².